The lowest BCUT2D eigenvalue weighted by molar-refractivity contribution is 0.0978. The van der Waals surface area contributed by atoms with E-state index in [1.807, 2.05) is 6.07 Å². The SMILES string of the molecule is N#Cc1ccc(NC(=S)NC(=O)c2ccc(Cl)cc2Cl)cc1. The maximum atomic E-state index is 12.1. The number of hydrogen-bond acceptors (Lipinski definition) is 3. The average Bonchev–Trinajstić information content (AvgIpc) is 2.47. The Balaban J connectivity index is 2.02. The van der Waals surface area contributed by atoms with E-state index < -0.39 is 5.91 Å². The molecule has 0 spiro atoms. The third-order valence-electron chi connectivity index (χ3n) is 2.67. The highest BCUT2D eigenvalue weighted by Crippen LogP contribution is 2.20. The van der Waals surface area contributed by atoms with E-state index in [-0.39, 0.29) is 15.7 Å². The molecule has 0 atom stereocenters. The summed E-state index contributed by atoms with van der Waals surface area (Å²) in [6.07, 6.45) is 0. The summed E-state index contributed by atoms with van der Waals surface area (Å²) in [5.41, 5.74) is 1.47. The van der Waals surface area contributed by atoms with Crippen LogP contribution in [0, 0.1) is 11.3 Å². The molecule has 4 nitrogen and oxygen atoms in total. The summed E-state index contributed by atoms with van der Waals surface area (Å²) in [6.45, 7) is 0. The lowest BCUT2D eigenvalue weighted by Crippen LogP contribution is -2.34. The summed E-state index contributed by atoms with van der Waals surface area (Å²) in [5.74, 6) is -0.437. The number of carbonyl (C=O) groups is 1. The fourth-order valence-corrected chi connectivity index (χ4v) is 2.34. The molecule has 2 N–H and O–H groups in total. The molecule has 0 heterocycles. The van der Waals surface area contributed by atoms with Gasteiger partial charge in [-0.05, 0) is 54.7 Å². The fourth-order valence-electron chi connectivity index (χ4n) is 1.63. The molecule has 0 aliphatic heterocycles. The van der Waals surface area contributed by atoms with Gasteiger partial charge in [0.15, 0.2) is 5.11 Å². The Morgan fingerprint density at radius 2 is 1.82 bits per heavy atom. The van der Waals surface area contributed by atoms with Crippen LogP contribution in [-0.4, -0.2) is 11.0 Å². The van der Waals surface area contributed by atoms with E-state index in [1.165, 1.54) is 12.1 Å². The van der Waals surface area contributed by atoms with Crippen LogP contribution in [0.3, 0.4) is 0 Å². The standard InChI is InChI=1S/C15H9Cl2N3OS/c16-10-3-6-12(13(17)7-10)14(21)20-15(22)19-11-4-1-9(8-18)2-5-11/h1-7H,(H2,19,20,21,22). The first-order valence-corrected chi connectivity index (χ1v) is 7.23. The molecule has 0 fully saturated rings. The Bertz CT molecular complexity index is 769. The van der Waals surface area contributed by atoms with Crippen molar-refractivity contribution in [3.8, 4) is 6.07 Å². The van der Waals surface area contributed by atoms with Crippen LogP contribution in [0.1, 0.15) is 15.9 Å². The van der Waals surface area contributed by atoms with Gasteiger partial charge in [0.1, 0.15) is 0 Å². The van der Waals surface area contributed by atoms with Gasteiger partial charge in [0.05, 0.1) is 22.2 Å². The number of carbonyl (C=O) groups excluding carboxylic acids is 1. The van der Waals surface area contributed by atoms with E-state index in [0.717, 1.165) is 0 Å². The third kappa shape index (κ3) is 4.18. The van der Waals surface area contributed by atoms with Gasteiger partial charge in [0.25, 0.3) is 5.91 Å². The predicted octanol–water partition coefficient (Wildman–Crippen LogP) is 3.99. The first-order chi connectivity index (χ1) is 10.5. The van der Waals surface area contributed by atoms with Gasteiger partial charge in [0, 0.05) is 10.7 Å². The molecule has 22 heavy (non-hydrogen) atoms. The summed E-state index contributed by atoms with van der Waals surface area (Å²) in [5, 5.41) is 14.9. The number of anilines is 1. The second-order valence-corrected chi connectivity index (χ2v) is 5.47. The van der Waals surface area contributed by atoms with Crippen molar-refractivity contribution in [2.75, 3.05) is 5.32 Å². The van der Waals surface area contributed by atoms with Gasteiger partial charge < -0.3 is 5.32 Å². The van der Waals surface area contributed by atoms with Crippen LogP contribution in [0.5, 0.6) is 0 Å². The number of nitrogens with one attached hydrogen (secondary N) is 2. The van der Waals surface area contributed by atoms with Crippen LogP contribution in [0.2, 0.25) is 10.0 Å². The molecule has 1 amide bonds. The van der Waals surface area contributed by atoms with Gasteiger partial charge in [-0.25, -0.2) is 0 Å². The van der Waals surface area contributed by atoms with Crippen molar-refractivity contribution >= 4 is 52.1 Å². The van der Waals surface area contributed by atoms with E-state index in [9.17, 15) is 4.79 Å². The van der Waals surface area contributed by atoms with Crippen LogP contribution < -0.4 is 10.6 Å². The number of rotatable bonds is 2. The number of benzene rings is 2. The van der Waals surface area contributed by atoms with Crippen molar-refractivity contribution in [3.05, 3.63) is 63.6 Å². The molecule has 0 aliphatic carbocycles. The molecule has 7 heteroatoms. The molecule has 0 saturated carbocycles. The Morgan fingerprint density at radius 3 is 2.41 bits per heavy atom. The van der Waals surface area contributed by atoms with Crippen molar-refractivity contribution in [2.45, 2.75) is 0 Å². The number of halogens is 2. The minimum Gasteiger partial charge on any atom is -0.332 e. The zero-order chi connectivity index (χ0) is 16.1. The summed E-state index contributed by atoms with van der Waals surface area (Å²) in [6, 6.07) is 13.2. The van der Waals surface area contributed by atoms with Gasteiger partial charge >= 0.3 is 0 Å². The Hall–Kier alpha value is -2.13. The number of amides is 1. The van der Waals surface area contributed by atoms with Crippen LogP contribution in [0.4, 0.5) is 5.69 Å². The summed E-state index contributed by atoms with van der Waals surface area (Å²) < 4.78 is 0. The molecule has 0 aliphatic rings. The summed E-state index contributed by atoms with van der Waals surface area (Å²) in [4.78, 5) is 12.1. The van der Waals surface area contributed by atoms with Crippen LogP contribution in [0.15, 0.2) is 42.5 Å². The highest BCUT2D eigenvalue weighted by Gasteiger charge is 2.12. The van der Waals surface area contributed by atoms with Gasteiger partial charge in [-0.1, -0.05) is 23.2 Å². The monoisotopic (exact) mass is 349 g/mol. The van der Waals surface area contributed by atoms with Crippen molar-refractivity contribution in [1.82, 2.24) is 5.32 Å². The van der Waals surface area contributed by atoms with Gasteiger partial charge in [-0.3, -0.25) is 10.1 Å². The number of hydrogen-bond donors (Lipinski definition) is 2. The molecular weight excluding hydrogens is 341 g/mol. The molecule has 0 aromatic heterocycles. The molecule has 0 bridgehead atoms. The predicted molar refractivity (Wildman–Crippen MR) is 91.3 cm³/mol. The molecule has 0 unspecified atom stereocenters. The molecule has 0 radical (unpaired) electrons. The molecular formula is C15H9Cl2N3OS. The minimum absolute atomic E-state index is 0.126. The van der Waals surface area contributed by atoms with Gasteiger partial charge in [0.2, 0.25) is 0 Å². The number of nitrogens with zero attached hydrogens (tertiary/aromatic N) is 1. The quantitative estimate of drug-likeness (QED) is 0.804. The average molecular weight is 350 g/mol. The number of thiocarbonyl (C=S) groups is 1. The fraction of sp³-hybridized carbons (Fsp3) is 0. The van der Waals surface area contributed by atoms with Crippen molar-refractivity contribution in [1.29, 1.82) is 5.26 Å². The van der Waals surface area contributed by atoms with E-state index >= 15 is 0 Å². The normalized spacial score (nSPS) is 9.68. The van der Waals surface area contributed by atoms with Crippen LogP contribution in [-0.2, 0) is 0 Å². The maximum Gasteiger partial charge on any atom is 0.258 e. The first kappa shape index (κ1) is 16.2. The highest BCUT2D eigenvalue weighted by atomic mass is 35.5. The Labute approximate surface area is 142 Å². The molecule has 2 aromatic carbocycles. The second-order valence-electron chi connectivity index (χ2n) is 4.22. The zero-order valence-electron chi connectivity index (χ0n) is 11.1. The lowest BCUT2D eigenvalue weighted by Gasteiger charge is -2.10. The Morgan fingerprint density at radius 1 is 1.14 bits per heavy atom. The zero-order valence-corrected chi connectivity index (χ0v) is 13.4. The minimum atomic E-state index is -0.437. The van der Waals surface area contributed by atoms with Crippen LogP contribution in [0.25, 0.3) is 0 Å². The molecule has 2 aromatic rings. The van der Waals surface area contributed by atoms with E-state index in [2.05, 4.69) is 10.6 Å². The van der Waals surface area contributed by atoms with E-state index in [1.54, 1.807) is 30.3 Å². The largest absolute Gasteiger partial charge is 0.332 e. The van der Waals surface area contributed by atoms with E-state index in [0.29, 0.717) is 16.3 Å². The molecule has 110 valence electrons. The molecule has 2 rings (SSSR count). The van der Waals surface area contributed by atoms with Gasteiger partial charge in [-0.15, -0.1) is 0 Å². The summed E-state index contributed by atoms with van der Waals surface area (Å²) >= 11 is 16.8. The van der Waals surface area contributed by atoms with Crippen molar-refractivity contribution in [3.63, 3.8) is 0 Å². The first-order valence-electron chi connectivity index (χ1n) is 6.07. The topological polar surface area (TPSA) is 64.9 Å². The Kier molecular flexibility index (Phi) is 5.34. The highest BCUT2D eigenvalue weighted by molar-refractivity contribution is 7.80. The molecule has 0 saturated heterocycles. The van der Waals surface area contributed by atoms with Crippen LogP contribution >= 0.6 is 35.4 Å². The van der Waals surface area contributed by atoms with Crippen molar-refractivity contribution < 1.29 is 4.79 Å². The van der Waals surface area contributed by atoms with Crippen molar-refractivity contribution in [2.24, 2.45) is 0 Å². The third-order valence-corrected chi connectivity index (χ3v) is 3.43. The number of nitriles is 1. The lowest BCUT2D eigenvalue weighted by atomic mass is 10.2. The smallest absolute Gasteiger partial charge is 0.258 e. The summed E-state index contributed by atoms with van der Waals surface area (Å²) in [7, 11) is 0. The second kappa shape index (κ2) is 7.23. The van der Waals surface area contributed by atoms with E-state index in [4.69, 9.17) is 40.7 Å². The van der Waals surface area contributed by atoms with Gasteiger partial charge in [-0.2, -0.15) is 5.26 Å². The maximum absolute atomic E-state index is 12.1.